The first-order valence-electron chi connectivity index (χ1n) is 4.52. The molecule has 0 aliphatic heterocycles. The number of hydrogen-bond acceptors (Lipinski definition) is 3. The van der Waals surface area contributed by atoms with Crippen molar-refractivity contribution >= 4 is 15.5 Å². The van der Waals surface area contributed by atoms with E-state index in [9.17, 15) is 8.42 Å². The molecule has 1 aromatic carbocycles. The molecule has 1 rings (SSSR count). The van der Waals surface area contributed by atoms with Crippen LogP contribution in [0, 0.1) is 0 Å². The molecular formula is C10H17NO2S. The summed E-state index contributed by atoms with van der Waals surface area (Å²) in [6.45, 7) is 3.30. The van der Waals surface area contributed by atoms with Gasteiger partial charge in [0.2, 0.25) is 0 Å². The van der Waals surface area contributed by atoms with E-state index in [0.29, 0.717) is 0 Å². The molecule has 14 heavy (non-hydrogen) atoms. The average Bonchev–Trinajstić information content (AvgIpc) is 2.20. The summed E-state index contributed by atoms with van der Waals surface area (Å²) in [6, 6.07) is 9.49. The molecule has 0 amide bonds. The fraction of sp³-hybridized carbons (Fsp3) is 0.400. The zero-order valence-corrected chi connectivity index (χ0v) is 9.42. The monoisotopic (exact) mass is 215 g/mol. The fourth-order valence-corrected chi connectivity index (χ4v) is 1.07. The molecule has 0 bridgehead atoms. The minimum atomic E-state index is -2.66. The van der Waals surface area contributed by atoms with Crippen LogP contribution < -0.4 is 5.73 Å². The summed E-state index contributed by atoms with van der Waals surface area (Å²) in [5, 5.41) is 0. The van der Waals surface area contributed by atoms with E-state index in [1.807, 2.05) is 30.3 Å². The molecule has 80 valence electrons. The first kappa shape index (κ1) is 13.0. The zero-order chi connectivity index (χ0) is 11.0. The van der Waals surface area contributed by atoms with Gasteiger partial charge in [0.05, 0.1) is 0 Å². The summed E-state index contributed by atoms with van der Waals surface area (Å²) in [6.07, 6.45) is 0. The van der Waals surface area contributed by atoms with Crippen molar-refractivity contribution in [2.45, 2.75) is 13.8 Å². The second-order valence-electron chi connectivity index (χ2n) is 2.73. The maximum absolute atomic E-state index is 10.4. The third-order valence-electron chi connectivity index (χ3n) is 1.68. The van der Waals surface area contributed by atoms with Crippen molar-refractivity contribution < 1.29 is 8.42 Å². The van der Waals surface area contributed by atoms with E-state index in [0.717, 1.165) is 5.69 Å². The van der Waals surface area contributed by atoms with Crippen molar-refractivity contribution in [1.82, 2.24) is 0 Å². The largest absolute Gasteiger partial charge is 0.399 e. The Hall–Kier alpha value is -1.03. The molecule has 0 spiro atoms. The Bertz CT molecular complexity index is 322. The highest BCUT2D eigenvalue weighted by molar-refractivity contribution is 7.91. The number of anilines is 1. The Morgan fingerprint density at radius 3 is 1.64 bits per heavy atom. The van der Waals surface area contributed by atoms with Crippen LogP contribution >= 0.6 is 0 Å². The lowest BCUT2D eigenvalue weighted by Crippen LogP contribution is -2.04. The molecule has 0 fully saturated rings. The molecular weight excluding hydrogens is 198 g/mol. The van der Waals surface area contributed by atoms with E-state index in [2.05, 4.69) is 0 Å². The van der Waals surface area contributed by atoms with Gasteiger partial charge in [-0.3, -0.25) is 0 Å². The normalized spacial score (nSPS) is 10.1. The molecule has 0 aliphatic rings. The molecule has 4 heteroatoms. The third-order valence-corrected chi connectivity index (χ3v) is 3.44. The molecule has 0 atom stereocenters. The SMILES string of the molecule is CCS(=O)(=O)CC.Nc1ccccc1. The summed E-state index contributed by atoms with van der Waals surface area (Å²) in [4.78, 5) is 0. The third kappa shape index (κ3) is 6.48. The Kier molecular flexibility index (Phi) is 5.95. The van der Waals surface area contributed by atoms with Gasteiger partial charge in [-0.05, 0) is 12.1 Å². The molecule has 0 radical (unpaired) electrons. The molecule has 0 aliphatic carbocycles. The van der Waals surface area contributed by atoms with Gasteiger partial charge in [0.1, 0.15) is 9.84 Å². The van der Waals surface area contributed by atoms with Crippen LogP contribution in [0.4, 0.5) is 5.69 Å². The lowest BCUT2D eigenvalue weighted by molar-refractivity contribution is 0.598. The van der Waals surface area contributed by atoms with Crippen LogP contribution in [-0.4, -0.2) is 19.9 Å². The van der Waals surface area contributed by atoms with E-state index in [1.54, 1.807) is 13.8 Å². The van der Waals surface area contributed by atoms with Crippen LogP contribution in [0.5, 0.6) is 0 Å². The molecule has 0 saturated carbocycles. The minimum Gasteiger partial charge on any atom is -0.399 e. The molecule has 0 unspecified atom stereocenters. The maximum Gasteiger partial charge on any atom is 0.149 e. The molecule has 2 N–H and O–H groups in total. The lowest BCUT2D eigenvalue weighted by atomic mass is 10.3. The molecule has 0 aromatic heterocycles. The predicted octanol–water partition coefficient (Wildman–Crippen LogP) is 1.71. The summed E-state index contributed by atoms with van der Waals surface area (Å²) in [7, 11) is -2.66. The highest BCUT2D eigenvalue weighted by atomic mass is 32.2. The predicted molar refractivity (Wildman–Crippen MR) is 60.9 cm³/mol. The number of nitrogen functional groups attached to an aromatic ring is 1. The van der Waals surface area contributed by atoms with Crippen LogP contribution in [0.25, 0.3) is 0 Å². The van der Waals surface area contributed by atoms with Crippen LogP contribution in [0.15, 0.2) is 30.3 Å². The van der Waals surface area contributed by atoms with Gasteiger partial charge >= 0.3 is 0 Å². The Morgan fingerprint density at radius 1 is 1.07 bits per heavy atom. The van der Waals surface area contributed by atoms with Crippen molar-refractivity contribution in [2.24, 2.45) is 0 Å². The summed E-state index contributed by atoms with van der Waals surface area (Å²) in [5.74, 6) is 0.535. The Labute approximate surface area is 85.9 Å². The standard InChI is InChI=1S/C6H7N.C4H10O2S/c7-6-4-2-1-3-5-6;1-3-7(5,6)4-2/h1-5H,7H2;3-4H2,1-2H3. The highest BCUT2D eigenvalue weighted by Crippen LogP contribution is 1.95. The number of benzene rings is 1. The summed E-state index contributed by atoms with van der Waals surface area (Å²) >= 11 is 0. The van der Waals surface area contributed by atoms with Gasteiger partial charge in [0.25, 0.3) is 0 Å². The van der Waals surface area contributed by atoms with Crippen molar-refractivity contribution in [1.29, 1.82) is 0 Å². The summed E-state index contributed by atoms with van der Waals surface area (Å²) in [5.41, 5.74) is 6.18. The van der Waals surface area contributed by atoms with Gasteiger partial charge in [-0.15, -0.1) is 0 Å². The number of nitrogens with two attached hydrogens (primary N) is 1. The Balaban J connectivity index is 0.000000241. The number of sulfone groups is 1. The van der Waals surface area contributed by atoms with Crippen molar-refractivity contribution in [2.75, 3.05) is 17.2 Å². The van der Waals surface area contributed by atoms with E-state index in [1.165, 1.54) is 0 Å². The van der Waals surface area contributed by atoms with Crippen LogP contribution in [0.2, 0.25) is 0 Å². The number of hydrogen-bond donors (Lipinski definition) is 1. The van der Waals surface area contributed by atoms with E-state index in [4.69, 9.17) is 5.73 Å². The molecule has 0 heterocycles. The van der Waals surface area contributed by atoms with Crippen molar-refractivity contribution in [3.63, 3.8) is 0 Å². The zero-order valence-electron chi connectivity index (χ0n) is 8.60. The van der Waals surface area contributed by atoms with E-state index in [-0.39, 0.29) is 11.5 Å². The van der Waals surface area contributed by atoms with Crippen LogP contribution in [0.1, 0.15) is 13.8 Å². The molecule has 0 saturated heterocycles. The van der Waals surface area contributed by atoms with Crippen LogP contribution in [-0.2, 0) is 9.84 Å². The topological polar surface area (TPSA) is 60.2 Å². The minimum absolute atomic E-state index is 0.267. The van der Waals surface area contributed by atoms with Gasteiger partial charge < -0.3 is 5.73 Å². The average molecular weight is 215 g/mol. The first-order valence-corrected chi connectivity index (χ1v) is 6.35. The molecule has 1 aromatic rings. The first-order chi connectivity index (χ1) is 6.52. The highest BCUT2D eigenvalue weighted by Gasteiger charge is 1.99. The summed E-state index contributed by atoms with van der Waals surface area (Å²) < 4.78 is 20.7. The van der Waals surface area contributed by atoms with Gasteiger partial charge in [-0.2, -0.15) is 0 Å². The van der Waals surface area contributed by atoms with Crippen molar-refractivity contribution in [3.05, 3.63) is 30.3 Å². The second kappa shape index (κ2) is 6.43. The lowest BCUT2D eigenvalue weighted by Gasteiger charge is -1.89. The quantitative estimate of drug-likeness (QED) is 0.764. The van der Waals surface area contributed by atoms with Crippen molar-refractivity contribution in [3.8, 4) is 0 Å². The molecule has 3 nitrogen and oxygen atoms in total. The fourth-order valence-electron chi connectivity index (χ4n) is 0.657. The number of rotatable bonds is 2. The smallest absolute Gasteiger partial charge is 0.149 e. The van der Waals surface area contributed by atoms with Gasteiger partial charge in [0, 0.05) is 17.2 Å². The Morgan fingerprint density at radius 2 is 1.50 bits per heavy atom. The van der Waals surface area contributed by atoms with Gasteiger partial charge in [-0.25, -0.2) is 8.42 Å². The van der Waals surface area contributed by atoms with E-state index >= 15 is 0 Å². The van der Waals surface area contributed by atoms with E-state index < -0.39 is 9.84 Å². The second-order valence-corrected chi connectivity index (χ2v) is 5.37. The van der Waals surface area contributed by atoms with Gasteiger partial charge in [0.15, 0.2) is 0 Å². The number of para-hydroxylation sites is 1. The van der Waals surface area contributed by atoms with Gasteiger partial charge in [-0.1, -0.05) is 32.0 Å². The maximum atomic E-state index is 10.4. The van der Waals surface area contributed by atoms with Crippen LogP contribution in [0.3, 0.4) is 0 Å².